The Kier molecular flexibility index (Phi) is 6.83. The highest BCUT2D eigenvalue weighted by molar-refractivity contribution is 6.07. The van der Waals surface area contributed by atoms with E-state index < -0.39 is 11.5 Å². The van der Waals surface area contributed by atoms with Gasteiger partial charge in [0.25, 0.3) is 11.8 Å². The zero-order valence-corrected chi connectivity index (χ0v) is 21.4. The minimum atomic E-state index is -2.90. The molecule has 1 aliphatic carbocycles. The van der Waals surface area contributed by atoms with Crippen LogP contribution in [0.4, 0.5) is 14.5 Å². The van der Waals surface area contributed by atoms with E-state index >= 15 is 0 Å². The fraction of sp³-hybridized carbons (Fsp3) is 0.643. The highest BCUT2D eigenvalue weighted by Gasteiger charge is 2.52. The maximum Gasteiger partial charge on any atom is 0.335 e. The maximum atomic E-state index is 13.8. The first-order valence-electron chi connectivity index (χ1n) is 13.4. The van der Waals surface area contributed by atoms with Crippen molar-refractivity contribution in [3.63, 3.8) is 0 Å². The molecular formula is C28H37F2N3O3. The average molecular weight is 502 g/mol. The van der Waals surface area contributed by atoms with Crippen LogP contribution in [0.25, 0.3) is 0 Å². The van der Waals surface area contributed by atoms with Crippen LogP contribution in [0.5, 0.6) is 0 Å². The van der Waals surface area contributed by atoms with Gasteiger partial charge in [-0.05, 0) is 37.8 Å². The largest absolute Gasteiger partial charge is 0.450 e. The Balaban J connectivity index is 1.24. The van der Waals surface area contributed by atoms with Crippen LogP contribution in [0.1, 0.15) is 57.9 Å². The number of amides is 1. The van der Waals surface area contributed by atoms with Crippen LogP contribution < -0.4 is 4.90 Å². The first-order chi connectivity index (χ1) is 17.2. The van der Waals surface area contributed by atoms with E-state index in [4.69, 9.17) is 4.74 Å². The lowest BCUT2D eigenvalue weighted by Gasteiger charge is -2.42. The number of anilines is 1. The summed E-state index contributed by atoms with van der Waals surface area (Å²) in [5.74, 6) is -2.62. The van der Waals surface area contributed by atoms with Gasteiger partial charge in [0.15, 0.2) is 0 Å². The number of likely N-dealkylation sites (tertiary alicyclic amines) is 1. The Morgan fingerprint density at radius 3 is 2.39 bits per heavy atom. The van der Waals surface area contributed by atoms with Gasteiger partial charge in [-0.2, -0.15) is 0 Å². The lowest BCUT2D eigenvalue weighted by atomic mass is 9.82. The lowest BCUT2D eigenvalue weighted by molar-refractivity contribution is -0.151. The van der Waals surface area contributed by atoms with Crippen molar-refractivity contribution in [2.24, 2.45) is 5.92 Å². The van der Waals surface area contributed by atoms with Crippen LogP contribution in [-0.2, 0) is 20.2 Å². The van der Waals surface area contributed by atoms with E-state index in [1.54, 1.807) is 17.9 Å². The second-order valence-corrected chi connectivity index (χ2v) is 11.1. The molecule has 1 saturated carbocycles. The molecule has 6 nitrogen and oxygen atoms in total. The second kappa shape index (κ2) is 9.77. The molecule has 0 bridgehead atoms. The van der Waals surface area contributed by atoms with Gasteiger partial charge in [-0.1, -0.05) is 25.0 Å². The molecular weight excluding hydrogens is 464 g/mol. The van der Waals surface area contributed by atoms with Crippen molar-refractivity contribution < 1.29 is 23.1 Å². The van der Waals surface area contributed by atoms with Crippen molar-refractivity contribution in [3.05, 3.63) is 41.0 Å². The third-order valence-corrected chi connectivity index (χ3v) is 8.58. The van der Waals surface area contributed by atoms with Crippen molar-refractivity contribution in [2.45, 2.75) is 63.9 Å². The number of piperazine rings is 1. The van der Waals surface area contributed by atoms with Crippen molar-refractivity contribution in [2.75, 3.05) is 50.7 Å². The average Bonchev–Trinajstić information content (AvgIpc) is 3.46. The molecule has 0 N–H and O–H groups in total. The molecule has 8 heteroatoms. The molecule has 0 radical (unpaired) electrons. The molecule has 0 atom stereocenters. The number of alkyl halides is 2. The Morgan fingerprint density at radius 2 is 1.75 bits per heavy atom. The smallest absolute Gasteiger partial charge is 0.335 e. The zero-order chi connectivity index (χ0) is 25.5. The number of ether oxygens (including phenoxy) is 1. The van der Waals surface area contributed by atoms with Gasteiger partial charge >= 0.3 is 5.97 Å². The summed E-state index contributed by atoms with van der Waals surface area (Å²) in [6.07, 6.45) is 6.56. The van der Waals surface area contributed by atoms with Crippen LogP contribution in [-0.4, -0.2) is 73.1 Å². The summed E-state index contributed by atoms with van der Waals surface area (Å²) >= 11 is 0. The minimum absolute atomic E-state index is 0.0119. The summed E-state index contributed by atoms with van der Waals surface area (Å²) in [5, 5.41) is 0. The minimum Gasteiger partial charge on any atom is -0.450 e. The van der Waals surface area contributed by atoms with E-state index in [0.29, 0.717) is 50.2 Å². The van der Waals surface area contributed by atoms with E-state index in [1.165, 1.54) is 37.8 Å². The lowest BCUT2D eigenvalue weighted by Crippen LogP contribution is -2.53. The number of esters is 1. The Hall–Kier alpha value is -2.48. The zero-order valence-electron chi connectivity index (χ0n) is 21.4. The van der Waals surface area contributed by atoms with Gasteiger partial charge in [0.05, 0.1) is 5.57 Å². The molecule has 196 valence electrons. The predicted octanol–water partition coefficient (Wildman–Crippen LogP) is 4.35. The Bertz CT molecular complexity index is 1030. The molecule has 4 aliphatic rings. The molecule has 1 aromatic carbocycles. The summed E-state index contributed by atoms with van der Waals surface area (Å²) in [4.78, 5) is 32.6. The van der Waals surface area contributed by atoms with Gasteiger partial charge in [-0.3, -0.25) is 4.79 Å². The van der Waals surface area contributed by atoms with Crippen molar-refractivity contribution in [1.29, 1.82) is 0 Å². The number of benzene rings is 1. The number of carbonyl (C=O) groups excluding carboxylic acids is 2. The standard InChI is InChI=1S/C28H37F2N3O3/c1-20-24(28(36-26(20)35)10-12-31(13-11-28)19-21-6-3-4-7-21)25(34)33-16-14-32(15-17-33)23-9-5-8-22(18-23)27(2,29)30/h5,8-9,18,21H,3-4,6-7,10-17,19H2,1-2H3. The molecule has 0 aromatic heterocycles. The topological polar surface area (TPSA) is 53.1 Å². The number of carbonyl (C=O) groups is 2. The number of hydrogen-bond donors (Lipinski definition) is 0. The Labute approximate surface area is 212 Å². The Morgan fingerprint density at radius 1 is 1.08 bits per heavy atom. The van der Waals surface area contributed by atoms with E-state index in [1.807, 2.05) is 11.0 Å². The van der Waals surface area contributed by atoms with Crippen molar-refractivity contribution in [3.8, 4) is 0 Å². The molecule has 0 unspecified atom stereocenters. The van der Waals surface area contributed by atoms with Crippen molar-refractivity contribution >= 4 is 17.6 Å². The first-order valence-corrected chi connectivity index (χ1v) is 13.4. The van der Waals surface area contributed by atoms with Gasteiger partial charge in [0, 0.05) is 82.4 Å². The molecule has 3 aliphatic heterocycles. The van der Waals surface area contributed by atoms with E-state index in [9.17, 15) is 18.4 Å². The second-order valence-electron chi connectivity index (χ2n) is 11.1. The highest BCUT2D eigenvalue weighted by atomic mass is 19.3. The van der Waals surface area contributed by atoms with Crippen LogP contribution in [0.3, 0.4) is 0 Å². The van der Waals surface area contributed by atoms with E-state index in [0.717, 1.165) is 38.2 Å². The molecule has 3 heterocycles. The van der Waals surface area contributed by atoms with E-state index in [2.05, 4.69) is 4.90 Å². The summed E-state index contributed by atoms with van der Waals surface area (Å²) in [5.41, 5.74) is 0.880. The molecule has 2 saturated heterocycles. The number of piperidine rings is 1. The molecule has 1 amide bonds. The van der Waals surface area contributed by atoms with Crippen LogP contribution in [0, 0.1) is 5.92 Å². The van der Waals surface area contributed by atoms with Gasteiger partial charge < -0.3 is 19.4 Å². The van der Waals surface area contributed by atoms with Gasteiger partial charge in [-0.15, -0.1) is 0 Å². The van der Waals surface area contributed by atoms with Gasteiger partial charge in [0.2, 0.25) is 0 Å². The van der Waals surface area contributed by atoms with Gasteiger partial charge in [0.1, 0.15) is 5.60 Å². The summed E-state index contributed by atoms with van der Waals surface area (Å²) in [7, 11) is 0. The fourth-order valence-corrected chi connectivity index (χ4v) is 6.41. The van der Waals surface area contributed by atoms with Crippen LogP contribution >= 0.6 is 0 Å². The molecule has 1 spiro atoms. The summed E-state index contributed by atoms with van der Waals surface area (Å²) in [6, 6.07) is 6.45. The number of nitrogens with zero attached hydrogens (tertiary/aromatic N) is 3. The van der Waals surface area contributed by atoms with Gasteiger partial charge in [-0.25, -0.2) is 13.6 Å². The molecule has 5 rings (SSSR count). The SMILES string of the molecule is CC1=C(C(=O)N2CCN(c3cccc(C(C)(F)F)c3)CC2)C2(CCN(CC3CCCC3)CC2)OC1=O. The normalized spacial score (nSPS) is 23.6. The maximum absolute atomic E-state index is 13.8. The number of hydrogen-bond acceptors (Lipinski definition) is 5. The first kappa shape index (κ1) is 25.2. The molecule has 3 fully saturated rings. The summed E-state index contributed by atoms with van der Waals surface area (Å²) in [6.45, 7) is 7.42. The quantitative estimate of drug-likeness (QED) is 0.562. The number of rotatable bonds is 5. The molecule has 36 heavy (non-hydrogen) atoms. The third kappa shape index (κ3) is 4.89. The molecule has 1 aromatic rings. The predicted molar refractivity (Wildman–Crippen MR) is 134 cm³/mol. The summed E-state index contributed by atoms with van der Waals surface area (Å²) < 4.78 is 33.5. The van der Waals surface area contributed by atoms with Crippen LogP contribution in [0.15, 0.2) is 35.4 Å². The fourth-order valence-electron chi connectivity index (χ4n) is 6.41. The third-order valence-electron chi connectivity index (χ3n) is 8.58. The van der Waals surface area contributed by atoms with Crippen molar-refractivity contribution in [1.82, 2.24) is 9.80 Å². The highest BCUT2D eigenvalue weighted by Crippen LogP contribution is 2.42. The van der Waals surface area contributed by atoms with E-state index in [-0.39, 0.29) is 17.4 Å². The van der Waals surface area contributed by atoms with Crippen LogP contribution in [0.2, 0.25) is 0 Å². The number of halogens is 2. The monoisotopic (exact) mass is 501 g/mol.